The number of rotatable bonds is 7. The summed E-state index contributed by atoms with van der Waals surface area (Å²) in [7, 11) is 1.28. The van der Waals surface area contributed by atoms with Gasteiger partial charge in [-0.1, -0.05) is 61.5 Å². The van der Waals surface area contributed by atoms with E-state index in [-0.39, 0.29) is 11.1 Å². The summed E-state index contributed by atoms with van der Waals surface area (Å²) in [5, 5.41) is 19.8. The Morgan fingerprint density at radius 3 is 2.54 bits per heavy atom. The first kappa shape index (κ1) is 23.7. The molecule has 0 spiro atoms. The molecule has 35 heavy (non-hydrogen) atoms. The molecule has 0 atom stereocenters. The van der Waals surface area contributed by atoms with Crippen LogP contribution in [0.15, 0.2) is 72.4 Å². The van der Waals surface area contributed by atoms with Gasteiger partial charge in [0.15, 0.2) is 0 Å². The van der Waals surface area contributed by atoms with Gasteiger partial charge in [-0.25, -0.2) is 4.79 Å². The first-order valence-corrected chi connectivity index (χ1v) is 11.7. The number of methoxy groups -OCH3 is 1. The molecule has 0 radical (unpaired) electrons. The summed E-state index contributed by atoms with van der Waals surface area (Å²) >= 11 is 1.24. The number of carbonyl (C=O) groups excluding carboxylic acids is 2. The van der Waals surface area contributed by atoms with Crippen molar-refractivity contribution in [2.75, 3.05) is 12.4 Å². The summed E-state index contributed by atoms with van der Waals surface area (Å²) in [6, 6.07) is 21.1. The van der Waals surface area contributed by atoms with E-state index in [2.05, 4.69) is 22.4 Å². The van der Waals surface area contributed by atoms with Gasteiger partial charge >= 0.3 is 5.97 Å². The molecule has 7 nitrogen and oxygen atoms in total. The lowest BCUT2D eigenvalue weighted by Gasteiger charge is -2.05. The molecule has 2 aromatic carbocycles. The minimum atomic E-state index is -0.632. The average Bonchev–Trinajstić information content (AvgIpc) is 3.54. The zero-order valence-corrected chi connectivity index (χ0v) is 20.0. The fourth-order valence-corrected chi connectivity index (χ4v) is 4.55. The first-order valence-electron chi connectivity index (χ1n) is 10.9. The Labute approximate surface area is 206 Å². The van der Waals surface area contributed by atoms with E-state index < -0.39 is 11.9 Å². The van der Waals surface area contributed by atoms with E-state index in [0.717, 1.165) is 22.4 Å². The molecular formula is C27H22N4O3S. The lowest BCUT2D eigenvalue weighted by Crippen LogP contribution is -2.15. The van der Waals surface area contributed by atoms with Crippen LogP contribution in [-0.2, 0) is 16.0 Å². The number of aryl methyl sites for hydroxylation is 1. The number of anilines is 1. The number of hydrogen-bond acceptors (Lipinski definition) is 6. The minimum absolute atomic E-state index is 0.122. The highest BCUT2D eigenvalue weighted by molar-refractivity contribution is 7.20. The van der Waals surface area contributed by atoms with E-state index in [1.807, 2.05) is 60.7 Å². The lowest BCUT2D eigenvalue weighted by molar-refractivity contribution is -0.112. The quantitative estimate of drug-likeness (QED) is 0.200. The fourth-order valence-electron chi connectivity index (χ4n) is 3.51. The largest absolute Gasteiger partial charge is 0.465 e. The van der Waals surface area contributed by atoms with Crippen LogP contribution in [0.2, 0.25) is 0 Å². The number of thiophene rings is 1. The van der Waals surface area contributed by atoms with Crippen LogP contribution >= 0.6 is 11.3 Å². The summed E-state index contributed by atoms with van der Waals surface area (Å²) in [6.45, 7) is 2.08. The van der Waals surface area contributed by atoms with Gasteiger partial charge in [-0.05, 0) is 29.7 Å². The number of H-pyrrole nitrogens is 1. The van der Waals surface area contributed by atoms with Crippen LogP contribution in [0, 0.1) is 11.3 Å². The third-order valence-corrected chi connectivity index (χ3v) is 6.51. The first-order chi connectivity index (χ1) is 17.0. The molecule has 2 N–H and O–H groups in total. The van der Waals surface area contributed by atoms with Gasteiger partial charge in [0.25, 0.3) is 5.91 Å². The molecule has 0 aliphatic heterocycles. The van der Waals surface area contributed by atoms with Gasteiger partial charge < -0.3 is 10.1 Å². The lowest BCUT2D eigenvalue weighted by atomic mass is 10.0. The number of amides is 1. The molecule has 0 fully saturated rings. The molecule has 4 rings (SSSR count). The molecule has 0 unspecified atom stereocenters. The summed E-state index contributed by atoms with van der Waals surface area (Å²) in [5.74, 6) is -1.21. The van der Waals surface area contributed by atoms with Crippen molar-refractivity contribution in [3.63, 3.8) is 0 Å². The van der Waals surface area contributed by atoms with Crippen LogP contribution in [0.4, 0.5) is 5.00 Å². The number of nitrogens with zero attached hydrogens (tertiary/aromatic N) is 2. The van der Waals surface area contributed by atoms with Crippen LogP contribution in [0.3, 0.4) is 0 Å². The van der Waals surface area contributed by atoms with Crippen LogP contribution in [0.1, 0.15) is 28.4 Å². The standard InChI is InChI=1S/C27H22N4O3S/c1-3-17-9-11-19(12-10-17)24-21(16-29-31-24)13-20(15-28)25(32)30-26-22(27(33)34-2)14-23(35-26)18-7-5-4-6-8-18/h4-14,16H,3H2,1-2H3,(H,29,31)(H,30,32)/b20-13+. The van der Waals surface area contributed by atoms with E-state index in [1.54, 1.807) is 12.3 Å². The van der Waals surface area contributed by atoms with E-state index in [0.29, 0.717) is 16.3 Å². The molecule has 0 saturated heterocycles. The highest BCUT2D eigenvalue weighted by Crippen LogP contribution is 2.36. The molecule has 174 valence electrons. The molecule has 0 bridgehead atoms. The number of aromatic nitrogens is 2. The number of nitrogens with one attached hydrogen (secondary N) is 2. The Morgan fingerprint density at radius 2 is 1.89 bits per heavy atom. The maximum Gasteiger partial charge on any atom is 0.340 e. The predicted molar refractivity (Wildman–Crippen MR) is 137 cm³/mol. The highest BCUT2D eigenvalue weighted by atomic mass is 32.1. The second-order valence-electron chi connectivity index (χ2n) is 7.59. The van der Waals surface area contributed by atoms with Crippen molar-refractivity contribution in [2.45, 2.75) is 13.3 Å². The van der Waals surface area contributed by atoms with Crippen molar-refractivity contribution < 1.29 is 14.3 Å². The molecule has 0 aliphatic carbocycles. The zero-order chi connectivity index (χ0) is 24.8. The van der Waals surface area contributed by atoms with Crippen LogP contribution in [-0.4, -0.2) is 29.2 Å². The molecule has 2 heterocycles. The van der Waals surface area contributed by atoms with Crippen molar-refractivity contribution >= 4 is 34.3 Å². The number of nitriles is 1. The molecule has 8 heteroatoms. The van der Waals surface area contributed by atoms with Gasteiger partial charge in [-0.2, -0.15) is 10.4 Å². The predicted octanol–water partition coefficient (Wildman–Crippen LogP) is 5.70. The number of aromatic amines is 1. The van der Waals surface area contributed by atoms with Crippen LogP contribution < -0.4 is 5.32 Å². The molecule has 2 aromatic heterocycles. The zero-order valence-electron chi connectivity index (χ0n) is 19.2. The summed E-state index contributed by atoms with van der Waals surface area (Å²) in [4.78, 5) is 26.2. The van der Waals surface area contributed by atoms with Gasteiger partial charge in [0.1, 0.15) is 16.6 Å². The number of benzene rings is 2. The van der Waals surface area contributed by atoms with Gasteiger partial charge in [0.2, 0.25) is 0 Å². The highest BCUT2D eigenvalue weighted by Gasteiger charge is 2.21. The number of esters is 1. The average molecular weight is 483 g/mol. The third-order valence-electron chi connectivity index (χ3n) is 5.41. The maximum atomic E-state index is 13.0. The van der Waals surface area contributed by atoms with E-state index in [4.69, 9.17) is 4.74 Å². The second-order valence-corrected chi connectivity index (χ2v) is 8.64. The van der Waals surface area contributed by atoms with Gasteiger partial charge in [0.05, 0.1) is 24.6 Å². The molecule has 1 amide bonds. The number of carbonyl (C=O) groups is 2. The number of hydrogen-bond donors (Lipinski definition) is 2. The Bertz CT molecular complexity index is 1430. The van der Waals surface area contributed by atoms with Crippen LogP contribution in [0.25, 0.3) is 27.8 Å². The van der Waals surface area contributed by atoms with Crippen molar-refractivity contribution in [2.24, 2.45) is 0 Å². The topological polar surface area (TPSA) is 108 Å². The van der Waals surface area contributed by atoms with E-state index in [9.17, 15) is 14.9 Å². The Hall–Kier alpha value is -4.48. The molecule has 0 saturated carbocycles. The maximum absolute atomic E-state index is 13.0. The summed E-state index contributed by atoms with van der Waals surface area (Å²) in [6.07, 6.45) is 3.97. The van der Waals surface area contributed by atoms with Crippen molar-refractivity contribution in [1.82, 2.24) is 10.2 Å². The number of ether oxygens (including phenoxy) is 1. The van der Waals surface area contributed by atoms with Crippen molar-refractivity contribution in [3.8, 4) is 27.8 Å². The summed E-state index contributed by atoms with van der Waals surface area (Å²) in [5.41, 5.74) is 4.40. The van der Waals surface area contributed by atoms with Gasteiger partial charge in [0, 0.05) is 16.0 Å². The smallest absolute Gasteiger partial charge is 0.340 e. The van der Waals surface area contributed by atoms with Crippen molar-refractivity contribution in [1.29, 1.82) is 5.26 Å². The Balaban J connectivity index is 1.64. The minimum Gasteiger partial charge on any atom is -0.465 e. The molecule has 0 aliphatic rings. The summed E-state index contributed by atoms with van der Waals surface area (Å²) < 4.78 is 4.89. The fraction of sp³-hybridized carbons (Fsp3) is 0.111. The SMILES string of the molecule is CCc1ccc(-c2[nH]ncc2/C=C(\C#N)C(=O)Nc2sc(-c3ccccc3)cc2C(=O)OC)cc1. The second kappa shape index (κ2) is 10.6. The molecule has 4 aromatic rings. The Kier molecular flexibility index (Phi) is 7.19. The third kappa shape index (κ3) is 5.21. The van der Waals surface area contributed by atoms with Gasteiger partial charge in [-0.15, -0.1) is 11.3 Å². The normalized spacial score (nSPS) is 11.1. The monoisotopic (exact) mass is 482 g/mol. The van der Waals surface area contributed by atoms with Crippen LogP contribution in [0.5, 0.6) is 0 Å². The van der Waals surface area contributed by atoms with Crippen molar-refractivity contribution in [3.05, 3.63) is 89.1 Å². The molecular weight excluding hydrogens is 460 g/mol. The Morgan fingerprint density at radius 1 is 1.14 bits per heavy atom. The van der Waals surface area contributed by atoms with E-state index >= 15 is 0 Å². The van der Waals surface area contributed by atoms with Gasteiger partial charge in [-0.3, -0.25) is 9.89 Å². The van der Waals surface area contributed by atoms with E-state index in [1.165, 1.54) is 30.1 Å².